The van der Waals surface area contributed by atoms with Gasteiger partial charge >= 0.3 is 15.6 Å². The van der Waals surface area contributed by atoms with Crippen LogP contribution in [0, 0.1) is 0 Å². The zero-order valence-corrected chi connectivity index (χ0v) is 66.8. The lowest BCUT2D eigenvalue weighted by molar-refractivity contribution is -0.0500. The van der Waals surface area contributed by atoms with Gasteiger partial charge in [-0.2, -0.15) is 21.6 Å². The Morgan fingerprint density at radius 2 is 0.781 bits per heavy atom. The topological polar surface area (TPSA) is 135 Å². The summed E-state index contributed by atoms with van der Waals surface area (Å²) in [5, 5.41) is 35.1. The molecule has 0 aliphatic heterocycles. The van der Waals surface area contributed by atoms with Crippen molar-refractivity contribution in [1.29, 1.82) is 0 Å². The van der Waals surface area contributed by atoms with Crippen LogP contribution in [0.1, 0.15) is 119 Å². The summed E-state index contributed by atoms with van der Waals surface area (Å²) in [5.74, 6) is -0.810. The van der Waals surface area contributed by atoms with Crippen molar-refractivity contribution in [2.75, 3.05) is 0 Å². The van der Waals surface area contributed by atoms with E-state index in [4.69, 9.17) is 46.4 Å². The molecule has 570 valence electrons. The second kappa shape index (κ2) is 33.7. The molecule has 0 saturated heterocycles. The van der Waals surface area contributed by atoms with Crippen LogP contribution >= 0.6 is 46.4 Å². The zero-order chi connectivity index (χ0) is 81.1. The number of fused-ring (bicyclic) bond motifs is 14. The van der Waals surface area contributed by atoms with Crippen molar-refractivity contribution in [1.82, 2.24) is 0 Å². The third kappa shape index (κ3) is 16.7. The van der Waals surface area contributed by atoms with Crippen LogP contribution in [-0.4, -0.2) is 41.5 Å². The number of Topliss-reactive ketones (excluding diaryl/α,β-unsaturated/α-hetero) is 3. The van der Waals surface area contributed by atoms with Crippen LogP contribution in [-0.2, 0) is 15.5 Å². The number of ketones is 3. The van der Waals surface area contributed by atoms with Crippen molar-refractivity contribution in [3.8, 4) is 56.0 Å². The second-order valence-corrected chi connectivity index (χ2v) is 31.6. The molecule has 2 atom stereocenters. The number of hydrogen-bond donors (Lipinski definition) is 2. The fourth-order valence-electron chi connectivity index (χ4n) is 15.5. The Hall–Kier alpha value is -11.5. The van der Waals surface area contributed by atoms with Gasteiger partial charge in [-0.25, -0.2) is 0 Å². The first-order chi connectivity index (χ1) is 54.5. The molecule has 2 N–H and O–H groups in total. The molecule has 16 aromatic carbocycles. The molecule has 8 nitrogen and oxygen atoms in total. The highest BCUT2D eigenvalue weighted by Crippen LogP contribution is 2.53. The molecular weight excluding hydrogens is 1540 g/mol. The van der Waals surface area contributed by atoms with Crippen molar-refractivity contribution in [3.63, 3.8) is 0 Å². The number of carbonyl (C=O) groups is 3. The first kappa shape index (κ1) is 80.6. The van der Waals surface area contributed by atoms with Gasteiger partial charge < -0.3 is 14.4 Å². The summed E-state index contributed by atoms with van der Waals surface area (Å²) in [7, 11) is -5.83. The summed E-state index contributed by atoms with van der Waals surface area (Å²) in [4.78, 5) is 35.1. The number of alkyl halides is 3. The molecule has 16 aromatic rings. The van der Waals surface area contributed by atoms with Crippen molar-refractivity contribution in [2.45, 2.75) is 71.4 Å². The summed E-state index contributed by atoms with van der Waals surface area (Å²) in [6, 6.07) is 97.9. The molecule has 2 aliphatic rings. The molecular formula is C98H75Cl4F3O8S. The summed E-state index contributed by atoms with van der Waals surface area (Å²) in [6.45, 7) is 12.9. The number of rotatable bonds is 8. The maximum Gasteiger partial charge on any atom is 0.534 e. The highest BCUT2D eigenvalue weighted by molar-refractivity contribution is 7.88. The van der Waals surface area contributed by atoms with Gasteiger partial charge in [0.15, 0.2) is 23.1 Å². The van der Waals surface area contributed by atoms with Crippen LogP contribution in [0.25, 0.3) is 109 Å². The lowest BCUT2D eigenvalue weighted by atomic mass is 9.80. The number of aromatic hydroxyl groups is 1. The standard InChI is InChI=1S/C19H15Cl.C18H15ClO.C18H13ClO.C18H13Cl.C13H9F3O4S.C12H10O2/c1-19(2)17-11-13(20)8-10-15(17)16-9-7-12-5-3-4-6-14(12)18(16)19;2*1-12(20)18-16-5-3-2-4-13(16)8-11-17(18)14-6-9-15(19)10-7-14;1-11-17-10-13(19)7-9-15(17)16-8-6-12-4-2-3-5-14(12)18(11)16;1-8(17)12-10-5-3-2-4-9(10)6-7-11(12)20-21(18,19)13(14,15)16;1-8(13)12-10-5-3-2-4-9(10)6-7-11(12)14/h3-11H,1-2H3;2-12,20H,1H3;2-11H,1H3;2-11H,1H3;2-7H,1H3;2-7,14H,1H3. The molecule has 0 amide bonds. The summed E-state index contributed by atoms with van der Waals surface area (Å²) in [5.41, 5.74) is 11.3. The van der Waals surface area contributed by atoms with Gasteiger partial charge in [0.05, 0.1) is 17.2 Å². The average molecular weight is 1610 g/mol. The normalized spacial score (nSPS) is 13.0. The quantitative estimate of drug-likeness (QED) is 0.0872. The van der Waals surface area contributed by atoms with Gasteiger partial charge in [0.25, 0.3) is 0 Å². The fourth-order valence-corrected chi connectivity index (χ4v) is 16.6. The van der Waals surface area contributed by atoms with Crippen molar-refractivity contribution >= 4 is 139 Å². The zero-order valence-electron chi connectivity index (χ0n) is 62.9. The maximum atomic E-state index is 12.4. The predicted octanol–water partition coefficient (Wildman–Crippen LogP) is 28.0. The molecule has 0 spiro atoms. The number of aliphatic hydroxyl groups is 1. The summed E-state index contributed by atoms with van der Waals surface area (Å²) >= 11 is 24.2. The lowest BCUT2D eigenvalue weighted by Crippen LogP contribution is -2.28. The van der Waals surface area contributed by atoms with Crippen LogP contribution < -0.4 is 4.18 Å². The molecule has 114 heavy (non-hydrogen) atoms. The Morgan fingerprint density at radius 3 is 1.29 bits per heavy atom. The minimum atomic E-state index is -5.83. The Bertz CT molecular complexity index is 6530. The van der Waals surface area contributed by atoms with E-state index in [2.05, 4.69) is 146 Å². The molecule has 0 radical (unpaired) electrons. The molecule has 2 unspecified atom stereocenters. The minimum Gasteiger partial charge on any atom is -0.507 e. The fraction of sp³-hybridized carbons (Fsp3) is 0.112. The minimum absolute atomic E-state index is 0.00354. The molecule has 16 heteroatoms. The Balaban J connectivity index is 0.000000120. The number of aliphatic hydroxyl groups excluding tert-OH is 1. The van der Waals surface area contributed by atoms with Crippen LogP contribution in [0.3, 0.4) is 0 Å². The summed E-state index contributed by atoms with van der Waals surface area (Å²) < 4.78 is 63.3. The highest BCUT2D eigenvalue weighted by Gasteiger charge is 2.49. The van der Waals surface area contributed by atoms with E-state index in [1.54, 1.807) is 44.2 Å². The lowest BCUT2D eigenvalue weighted by Gasteiger charge is -2.23. The number of benzene rings is 16. The van der Waals surface area contributed by atoms with Gasteiger partial charge in [0.1, 0.15) is 5.75 Å². The predicted molar refractivity (Wildman–Crippen MR) is 463 cm³/mol. The third-order valence-corrected chi connectivity index (χ3v) is 22.6. The Morgan fingerprint density at radius 1 is 0.412 bits per heavy atom. The van der Waals surface area contributed by atoms with Gasteiger partial charge in [0.2, 0.25) is 0 Å². The summed E-state index contributed by atoms with van der Waals surface area (Å²) in [6.07, 6.45) is -0.522. The molecule has 0 aromatic heterocycles. The number of hydrogen-bond acceptors (Lipinski definition) is 8. The molecule has 0 fully saturated rings. The van der Waals surface area contributed by atoms with E-state index in [0.29, 0.717) is 32.3 Å². The van der Waals surface area contributed by atoms with Crippen molar-refractivity contribution in [3.05, 3.63) is 368 Å². The van der Waals surface area contributed by atoms with Crippen LogP contribution in [0.2, 0.25) is 20.1 Å². The largest absolute Gasteiger partial charge is 0.534 e. The van der Waals surface area contributed by atoms with Crippen LogP contribution in [0.4, 0.5) is 13.2 Å². The number of halogens is 7. The van der Waals surface area contributed by atoms with Gasteiger partial charge in [0, 0.05) is 37.0 Å². The van der Waals surface area contributed by atoms with E-state index in [-0.39, 0.29) is 28.3 Å². The SMILES string of the molecule is CC(=O)c1c(-c2ccc(Cl)cc2)ccc2ccccc12.CC(=O)c1c(O)ccc2ccccc12.CC(=O)c1c(OS(=O)(=O)C(F)(F)F)ccc2ccccc12.CC(O)c1c(-c2ccc(Cl)cc2)ccc2ccccc12.CC1(C)c2cc(Cl)ccc2-c2ccc3ccccc3c21.CC1c2cc(Cl)ccc2-c2ccc3ccccc3c21. The first-order valence-electron chi connectivity index (χ1n) is 36.6. The Kier molecular flexibility index (Phi) is 23.8. The monoisotopic (exact) mass is 1610 g/mol. The number of phenolic OH excluding ortho intramolecular Hbond substituents is 1. The molecule has 2 aliphatic carbocycles. The van der Waals surface area contributed by atoms with Crippen LogP contribution in [0.5, 0.6) is 11.5 Å². The number of phenols is 1. The third-order valence-electron chi connectivity index (χ3n) is 20.6. The van der Waals surface area contributed by atoms with Gasteiger partial charge in [-0.1, -0.05) is 310 Å². The average Bonchev–Trinajstić information content (AvgIpc) is 1.57. The van der Waals surface area contributed by atoms with Crippen LogP contribution in [0.15, 0.2) is 303 Å². The van der Waals surface area contributed by atoms with Crippen molar-refractivity contribution in [2.24, 2.45) is 0 Å². The number of carbonyl (C=O) groups excluding carboxylic acids is 3. The molecule has 18 rings (SSSR count). The van der Waals surface area contributed by atoms with E-state index < -0.39 is 33.3 Å². The molecule has 0 bridgehead atoms. The Labute approximate surface area is 679 Å². The molecule has 0 saturated carbocycles. The first-order valence-corrected chi connectivity index (χ1v) is 39.6. The van der Waals surface area contributed by atoms with E-state index in [0.717, 1.165) is 88.7 Å². The second-order valence-electron chi connectivity index (χ2n) is 28.4. The smallest absolute Gasteiger partial charge is 0.507 e. The van der Waals surface area contributed by atoms with Crippen molar-refractivity contribution < 1.29 is 50.4 Å². The van der Waals surface area contributed by atoms with E-state index in [1.165, 1.54) is 85.1 Å². The van der Waals surface area contributed by atoms with Gasteiger partial charge in [-0.3, -0.25) is 14.4 Å². The van der Waals surface area contributed by atoms with E-state index in [9.17, 15) is 46.2 Å². The van der Waals surface area contributed by atoms with E-state index in [1.807, 2.05) is 133 Å². The van der Waals surface area contributed by atoms with Gasteiger partial charge in [-0.15, -0.1) is 0 Å². The maximum absolute atomic E-state index is 12.4. The molecule has 0 heterocycles. The van der Waals surface area contributed by atoms with Gasteiger partial charge in [-0.05, 0) is 225 Å². The highest BCUT2D eigenvalue weighted by atomic mass is 35.5. The van der Waals surface area contributed by atoms with E-state index >= 15 is 0 Å².